The van der Waals surface area contributed by atoms with Gasteiger partial charge in [0.2, 0.25) is 5.91 Å². The average Bonchev–Trinajstić information content (AvgIpc) is 2.84. The van der Waals surface area contributed by atoms with E-state index in [1.165, 1.54) is 12.1 Å². The molecule has 124 valence electrons. The number of hydrogen-bond acceptors (Lipinski definition) is 4. The number of halogens is 3. The van der Waals surface area contributed by atoms with Crippen LogP contribution in [-0.4, -0.2) is 28.1 Å². The number of hydrogen-bond donors (Lipinski definition) is 2. The van der Waals surface area contributed by atoms with E-state index in [1.807, 2.05) is 0 Å². The molecule has 1 aromatic heterocycles. The van der Waals surface area contributed by atoms with E-state index in [9.17, 15) is 18.0 Å². The molecule has 0 aliphatic carbocycles. The second kappa shape index (κ2) is 6.59. The van der Waals surface area contributed by atoms with E-state index >= 15 is 0 Å². The SMILES string of the molecule is CC(Nc1ccn(C)n1)C(=O)Nc1ccc(OC(F)(F)F)cc1. The van der Waals surface area contributed by atoms with Crippen LogP contribution in [0.4, 0.5) is 24.7 Å². The summed E-state index contributed by atoms with van der Waals surface area (Å²) in [6.45, 7) is 1.64. The Morgan fingerprint density at radius 3 is 2.43 bits per heavy atom. The largest absolute Gasteiger partial charge is 0.573 e. The lowest BCUT2D eigenvalue weighted by Crippen LogP contribution is -2.32. The van der Waals surface area contributed by atoms with E-state index in [-0.39, 0.29) is 11.7 Å². The summed E-state index contributed by atoms with van der Waals surface area (Å²) >= 11 is 0. The third-order valence-corrected chi connectivity index (χ3v) is 2.83. The van der Waals surface area contributed by atoms with Crippen LogP contribution in [0.3, 0.4) is 0 Å². The van der Waals surface area contributed by atoms with E-state index in [0.717, 1.165) is 12.1 Å². The van der Waals surface area contributed by atoms with Crippen molar-refractivity contribution in [2.45, 2.75) is 19.3 Å². The van der Waals surface area contributed by atoms with Gasteiger partial charge >= 0.3 is 6.36 Å². The van der Waals surface area contributed by atoms with Gasteiger partial charge in [-0.05, 0) is 31.2 Å². The van der Waals surface area contributed by atoms with Crippen LogP contribution < -0.4 is 15.4 Å². The summed E-state index contributed by atoms with van der Waals surface area (Å²) in [4.78, 5) is 12.0. The van der Waals surface area contributed by atoms with Gasteiger partial charge in [0.25, 0.3) is 0 Å². The molecule has 0 fully saturated rings. The highest BCUT2D eigenvalue weighted by atomic mass is 19.4. The topological polar surface area (TPSA) is 68.2 Å². The molecule has 0 aliphatic rings. The third kappa shape index (κ3) is 5.20. The minimum Gasteiger partial charge on any atom is -0.406 e. The highest BCUT2D eigenvalue weighted by Crippen LogP contribution is 2.24. The van der Waals surface area contributed by atoms with Gasteiger partial charge in [-0.1, -0.05) is 0 Å². The van der Waals surface area contributed by atoms with Crippen LogP contribution in [0.15, 0.2) is 36.5 Å². The zero-order valence-electron chi connectivity index (χ0n) is 12.4. The predicted octanol–water partition coefficient (Wildman–Crippen LogP) is 2.76. The van der Waals surface area contributed by atoms with Gasteiger partial charge in [-0.3, -0.25) is 9.48 Å². The van der Waals surface area contributed by atoms with Crippen molar-refractivity contribution in [2.24, 2.45) is 7.05 Å². The van der Waals surface area contributed by atoms with Crippen molar-refractivity contribution in [1.29, 1.82) is 0 Å². The second-order valence-corrected chi connectivity index (χ2v) is 4.80. The maximum Gasteiger partial charge on any atom is 0.573 e. The molecule has 0 radical (unpaired) electrons. The van der Waals surface area contributed by atoms with E-state index < -0.39 is 12.4 Å². The summed E-state index contributed by atoms with van der Waals surface area (Å²) in [6.07, 6.45) is -3.02. The highest BCUT2D eigenvalue weighted by Gasteiger charge is 2.31. The number of nitrogens with zero attached hydrogens (tertiary/aromatic N) is 2. The number of benzene rings is 1. The van der Waals surface area contributed by atoms with Crippen LogP contribution in [-0.2, 0) is 11.8 Å². The summed E-state index contributed by atoms with van der Waals surface area (Å²) in [5.41, 5.74) is 0.360. The Labute approximate surface area is 130 Å². The molecule has 0 saturated carbocycles. The lowest BCUT2D eigenvalue weighted by Gasteiger charge is -2.14. The Bertz CT molecular complexity index is 667. The fourth-order valence-electron chi connectivity index (χ4n) is 1.77. The molecule has 0 spiro atoms. The summed E-state index contributed by atoms with van der Waals surface area (Å²) in [7, 11) is 1.75. The molecular weight excluding hydrogens is 313 g/mol. The fourth-order valence-corrected chi connectivity index (χ4v) is 1.77. The quantitative estimate of drug-likeness (QED) is 0.886. The van der Waals surface area contributed by atoms with Crippen LogP contribution in [0.5, 0.6) is 5.75 Å². The molecule has 2 rings (SSSR count). The lowest BCUT2D eigenvalue weighted by molar-refractivity contribution is -0.274. The fraction of sp³-hybridized carbons (Fsp3) is 0.286. The van der Waals surface area contributed by atoms with Crippen molar-refractivity contribution in [3.63, 3.8) is 0 Å². The van der Waals surface area contributed by atoms with Gasteiger partial charge in [0, 0.05) is 25.0 Å². The first-order valence-electron chi connectivity index (χ1n) is 6.66. The number of aryl methyl sites for hydroxylation is 1. The van der Waals surface area contributed by atoms with Crippen LogP contribution >= 0.6 is 0 Å². The standard InChI is InChI=1S/C14H15F3N4O2/c1-9(18-12-7-8-21(2)20-12)13(22)19-10-3-5-11(6-4-10)23-14(15,16)17/h3-9H,1-2H3,(H,18,20)(H,19,22). The van der Waals surface area contributed by atoms with Crippen molar-refractivity contribution in [2.75, 3.05) is 10.6 Å². The number of anilines is 2. The molecule has 1 unspecified atom stereocenters. The number of carbonyl (C=O) groups is 1. The Hall–Kier alpha value is -2.71. The van der Waals surface area contributed by atoms with Crippen molar-refractivity contribution in [3.8, 4) is 5.75 Å². The zero-order chi connectivity index (χ0) is 17.0. The maximum absolute atomic E-state index is 12.1. The van der Waals surface area contributed by atoms with E-state index in [4.69, 9.17) is 0 Å². The Kier molecular flexibility index (Phi) is 4.77. The van der Waals surface area contributed by atoms with Gasteiger partial charge in [-0.15, -0.1) is 13.2 Å². The number of ether oxygens (including phenoxy) is 1. The van der Waals surface area contributed by atoms with Crippen molar-refractivity contribution in [1.82, 2.24) is 9.78 Å². The molecule has 1 aromatic carbocycles. The first-order valence-corrected chi connectivity index (χ1v) is 6.66. The summed E-state index contributed by atoms with van der Waals surface area (Å²) in [5, 5.41) is 9.58. The van der Waals surface area contributed by atoms with Crippen molar-refractivity contribution >= 4 is 17.4 Å². The van der Waals surface area contributed by atoms with E-state index in [1.54, 1.807) is 30.9 Å². The minimum atomic E-state index is -4.74. The van der Waals surface area contributed by atoms with Crippen LogP contribution in [0, 0.1) is 0 Å². The number of nitrogens with one attached hydrogen (secondary N) is 2. The van der Waals surface area contributed by atoms with Crippen molar-refractivity contribution < 1.29 is 22.7 Å². The number of amides is 1. The van der Waals surface area contributed by atoms with Gasteiger partial charge < -0.3 is 15.4 Å². The summed E-state index contributed by atoms with van der Waals surface area (Å²) < 4.78 is 41.5. The molecule has 0 bridgehead atoms. The first kappa shape index (κ1) is 16.7. The van der Waals surface area contributed by atoms with Crippen LogP contribution in [0.2, 0.25) is 0 Å². The molecule has 0 saturated heterocycles. The smallest absolute Gasteiger partial charge is 0.406 e. The molecule has 2 aromatic rings. The molecular formula is C14H15F3N4O2. The number of carbonyl (C=O) groups excluding carboxylic acids is 1. The zero-order valence-corrected chi connectivity index (χ0v) is 12.4. The Morgan fingerprint density at radius 1 is 1.26 bits per heavy atom. The number of aromatic nitrogens is 2. The molecule has 1 amide bonds. The molecule has 9 heteroatoms. The second-order valence-electron chi connectivity index (χ2n) is 4.80. The van der Waals surface area contributed by atoms with Crippen molar-refractivity contribution in [3.05, 3.63) is 36.5 Å². The Balaban J connectivity index is 1.91. The van der Waals surface area contributed by atoms with Crippen LogP contribution in [0.25, 0.3) is 0 Å². The molecule has 23 heavy (non-hydrogen) atoms. The molecule has 2 N–H and O–H groups in total. The minimum absolute atomic E-state index is 0.347. The Morgan fingerprint density at radius 2 is 1.91 bits per heavy atom. The van der Waals surface area contributed by atoms with E-state index in [0.29, 0.717) is 11.5 Å². The van der Waals surface area contributed by atoms with E-state index in [2.05, 4.69) is 20.5 Å². The summed E-state index contributed by atoms with van der Waals surface area (Å²) in [6, 6.07) is 6.04. The molecule has 1 heterocycles. The third-order valence-electron chi connectivity index (χ3n) is 2.83. The summed E-state index contributed by atoms with van der Waals surface area (Å²) in [5.74, 6) is -0.153. The first-order chi connectivity index (χ1) is 10.7. The van der Waals surface area contributed by atoms with Gasteiger partial charge in [0.15, 0.2) is 0 Å². The lowest BCUT2D eigenvalue weighted by atomic mass is 10.2. The normalized spacial score (nSPS) is 12.6. The van der Waals surface area contributed by atoms with Gasteiger partial charge in [0.05, 0.1) is 0 Å². The van der Waals surface area contributed by atoms with Gasteiger partial charge in [0.1, 0.15) is 17.6 Å². The average molecular weight is 328 g/mol. The number of rotatable bonds is 5. The number of alkyl halides is 3. The maximum atomic E-state index is 12.1. The monoisotopic (exact) mass is 328 g/mol. The van der Waals surface area contributed by atoms with Gasteiger partial charge in [-0.2, -0.15) is 5.10 Å². The molecule has 1 atom stereocenters. The highest BCUT2D eigenvalue weighted by molar-refractivity contribution is 5.96. The van der Waals surface area contributed by atoms with Crippen LogP contribution in [0.1, 0.15) is 6.92 Å². The molecule has 0 aliphatic heterocycles. The predicted molar refractivity (Wildman–Crippen MR) is 78.0 cm³/mol. The molecule has 6 nitrogen and oxygen atoms in total. The van der Waals surface area contributed by atoms with Gasteiger partial charge in [-0.25, -0.2) is 0 Å².